The van der Waals surface area contributed by atoms with Crippen molar-refractivity contribution in [2.24, 2.45) is 11.7 Å². The van der Waals surface area contributed by atoms with Gasteiger partial charge in [-0.1, -0.05) is 12.1 Å². The minimum Gasteiger partial charge on any atom is -0.423 e. The molecule has 4 rings (SSSR count). The molecule has 2 unspecified atom stereocenters. The van der Waals surface area contributed by atoms with Crippen molar-refractivity contribution in [3.05, 3.63) is 24.3 Å². The van der Waals surface area contributed by atoms with Gasteiger partial charge >= 0.3 is 0 Å². The molecule has 2 aromatic rings. The summed E-state index contributed by atoms with van der Waals surface area (Å²) >= 11 is 0. The van der Waals surface area contributed by atoms with Crippen molar-refractivity contribution in [1.29, 1.82) is 0 Å². The lowest BCUT2D eigenvalue weighted by Gasteiger charge is -2.41. The molecule has 156 valence electrons. The second kappa shape index (κ2) is 9.81. The van der Waals surface area contributed by atoms with Crippen LogP contribution in [0.3, 0.4) is 0 Å². The molecule has 28 heavy (non-hydrogen) atoms. The number of nitrogens with zero attached hydrogens (tertiary/aromatic N) is 3. The van der Waals surface area contributed by atoms with E-state index >= 15 is 0 Å². The van der Waals surface area contributed by atoms with E-state index in [4.69, 9.17) is 10.2 Å². The molecule has 6 nitrogen and oxygen atoms in total. The molecule has 2 saturated heterocycles. The summed E-state index contributed by atoms with van der Waals surface area (Å²) in [6.45, 7) is 4.49. The molecular weight excluding hydrogens is 399 g/mol. The van der Waals surface area contributed by atoms with E-state index in [-0.39, 0.29) is 42.8 Å². The number of anilines is 1. The van der Waals surface area contributed by atoms with Gasteiger partial charge in [-0.15, -0.1) is 24.8 Å². The lowest BCUT2D eigenvalue weighted by atomic mass is 9.91. The zero-order valence-electron chi connectivity index (χ0n) is 16.3. The number of aromatic nitrogens is 1. The third kappa shape index (κ3) is 4.56. The molecule has 0 bridgehead atoms. The van der Waals surface area contributed by atoms with Crippen LogP contribution in [-0.4, -0.2) is 47.5 Å². The third-order valence-corrected chi connectivity index (χ3v) is 5.84. The standard InChI is InChI=1S/C20H28N4O2.2ClH/c1-14(21)17-7-4-5-11-24(17)19(25)15-9-12-23(13-10-15)20-22-16-6-2-3-8-18(16)26-20;;/h2-3,6,8,14-15,17H,4-5,7,9-13,21H2,1H3;2*1H. The van der Waals surface area contributed by atoms with Gasteiger partial charge in [-0.2, -0.15) is 4.98 Å². The minimum atomic E-state index is 0. The number of carbonyl (C=O) groups excluding carboxylic acids is 1. The molecule has 0 aliphatic carbocycles. The summed E-state index contributed by atoms with van der Waals surface area (Å²) in [5.41, 5.74) is 7.83. The highest BCUT2D eigenvalue weighted by molar-refractivity contribution is 5.85. The number of hydrogen-bond acceptors (Lipinski definition) is 5. The van der Waals surface area contributed by atoms with Gasteiger partial charge in [0.05, 0.1) is 0 Å². The highest BCUT2D eigenvalue weighted by Gasteiger charge is 2.35. The van der Waals surface area contributed by atoms with Gasteiger partial charge < -0.3 is 20.0 Å². The summed E-state index contributed by atoms with van der Waals surface area (Å²) in [7, 11) is 0. The van der Waals surface area contributed by atoms with Gasteiger partial charge in [-0.3, -0.25) is 4.79 Å². The van der Waals surface area contributed by atoms with Gasteiger partial charge in [0.2, 0.25) is 5.91 Å². The first-order chi connectivity index (χ1) is 12.6. The number of fused-ring (bicyclic) bond motifs is 1. The summed E-state index contributed by atoms with van der Waals surface area (Å²) in [4.78, 5) is 21.9. The maximum Gasteiger partial charge on any atom is 0.298 e. The van der Waals surface area contributed by atoms with Crippen molar-refractivity contribution in [2.45, 2.75) is 51.1 Å². The van der Waals surface area contributed by atoms with Crippen LogP contribution in [0, 0.1) is 5.92 Å². The fourth-order valence-corrected chi connectivity index (χ4v) is 4.33. The Morgan fingerprint density at radius 3 is 2.54 bits per heavy atom. The summed E-state index contributed by atoms with van der Waals surface area (Å²) < 4.78 is 5.87. The Kier molecular flexibility index (Phi) is 7.98. The lowest BCUT2D eigenvalue weighted by molar-refractivity contribution is -0.140. The number of rotatable bonds is 3. The number of hydrogen-bond donors (Lipinski definition) is 1. The number of benzene rings is 1. The fourth-order valence-electron chi connectivity index (χ4n) is 4.33. The van der Waals surface area contributed by atoms with Crippen molar-refractivity contribution in [3.63, 3.8) is 0 Å². The molecule has 2 aliphatic heterocycles. The third-order valence-electron chi connectivity index (χ3n) is 5.84. The molecule has 8 heteroatoms. The number of nitrogens with two attached hydrogens (primary N) is 1. The monoisotopic (exact) mass is 428 g/mol. The van der Waals surface area contributed by atoms with Gasteiger partial charge in [0.1, 0.15) is 5.52 Å². The maximum absolute atomic E-state index is 13.1. The summed E-state index contributed by atoms with van der Waals surface area (Å²) in [6.07, 6.45) is 4.99. The lowest BCUT2D eigenvalue weighted by Crippen LogP contribution is -2.54. The number of likely N-dealkylation sites (tertiary alicyclic amines) is 1. The number of carbonyl (C=O) groups is 1. The Morgan fingerprint density at radius 2 is 1.86 bits per heavy atom. The Hall–Kier alpha value is -1.50. The van der Waals surface area contributed by atoms with Crippen molar-refractivity contribution in [2.75, 3.05) is 24.5 Å². The summed E-state index contributed by atoms with van der Waals surface area (Å²) in [5, 5.41) is 0. The molecule has 1 amide bonds. The van der Waals surface area contributed by atoms with Gasteiger partial charge in [0.15, 0.2) is 5.58 Å². The number of piperidine rings is 2. The first-order valence-electron chi connectivity index (χ1n) is 9.80. The van der Waals surface area contributed by atoms with Crippen LogP contribution < -0.4 is 10.6 Å². The van der Waals surface area contributed by atoms with Gasteiger partial charge in [0.25, 0.3) is 6.01 Å². The van der Waals surface area contributed by atoms with Crippen LogP contribution in [-0.2, 0) is 4.79 Å². The zero-order valence-corrected chi connectivity index (χ0v) is 17.9. The molecule has 0 spiro atoms. The van der Waals surface area contributed by atoms with Gasteiger partial charge in [-0.25, -0.2) is 0 Å². The largest absolute Gasteiger partial charge is 0.423 e. The smallest absolute Gasteiger partial charge is 0.298 e. The Balaban J connectivity index is 0.00000140. The van der Waals surface area contributed by atoms with Crippen LogP contribution in [0.5, 0.6) is 0 Å². The van der Waals surface area contributed by atoms with Crippen LogP contribution in [0.1, 0.15) is 39.0 Å². The van der Waals surface area contributed by atoms with Gasteiger partial charge in [0, 0.05) is 37.6 Å². The predicted octanol–water partition coefficient (Wildman–Crippen LogP) is 3.62. The molecule has 0 saturated carbocycles. The minimum absolute atomic E-state index is 0. The summed E-state index contributed by atoms with van der Waals surface area (Å²) in [6, 6.07) is 8.73. The molecule has 3 heterocycles. The van der Waals surface area contributed by atoms with E-state index in [0.717, 1.165) is 56.4 Å². The van der Waals surface area contributed by atoms with Crippen molar-refractivity contribution in [1.82, 2.24) is 9.88 Å². The highest BCUT2D eigenvalue weighted by Crippen LogP contribution is 2.29. The number of oxazole rings is 1. The molecule has 2 N–H and O–H groups in total. The second-order valence-corrected chi connectivity index (χ2v) is 7.68. The van der Waals surface area contributed by atoms with E-state index in [1.165, 1.54) is 6.42 Å². The van der Waals surface area contributed by atoms with Crippen LogP contribution >= 0.6 is 24.8 Å². The van der Waals surface area contributed by atoms with Crippen LogP contribution in [0.2, 0.25) is 0 Å². The average Bonchev–Trinajstić information content (AvgIpc) is 3.12. The maximum atomic E-state index is 13.1. The molecule has 0 radical (unpaired) electrons. The number of para-hydroxylation sites is 2. The van der Waals surface area contributed by atoms with E-state index in [9.17, 15) is 4.79 Å². The van der Waals surface area contributed by atoms with Crippen molar-refractivity contribution >= 4 is 47.8 Å². The van der Waals surface area contributed by atoms with E-state index in [1.54, 1.807) is 0 Å². The van der Waals surface area contributed by atoms with E-state index in [1.807, 2.05) is 31.2 Å². The predicted molar refractivity (Wildman–Crippen MR) is 116 cm³/mol. The highest BCUT2D eigenvalue weighted by atomic mass is 35.5. The number of halogens is 2. The van der Waals surface area contributed by atoms with Crippen LogP contribution in [0.15, 0.2) is 28.7 Å². The SMILES string of the molecule is CC(N)C1CCCCN1C(=O)C1CCN(c2nc3ccccc3o2)CC1.Cl.Cl. The molecule has 2 fully saturated rings. The Bertz CT molecular complexity index is 741. The van der Waals surface area contributed by atoms with Crippen molar-refractivity contribution in [3.8, 4) is 0 Å². The first kappa shape index (κ1) is 22.8. The molecule has 1 aromatic heterocycles. The molecule has 2 aliphatic rings. The Labute approximate surface area is 178 Å². The van der Waals surface area contributed by atoms with Crippen LogP contribution in [0.25, 0.3) is 11.1 Å². The Morgan fingerprint density at radius 1 is 1.14 bits per heavy atom. The van der Waals surface area contributed by atoms with E-state index in [2.05, 4.69) is 14.8 Å². The molecular formula is C20H30Cl2N4O2. The normalized spacial score (nSPS) is 21.7. The molecule has 2 atom stereocenters. The second-order valence-electron chi connectivity index (χ2n) is 7.68. The van der Waals surface area contributed by atoms with Crippen LogP contribution in [0.4, 0.5) is 6.01 Å². The van der Waals surface area contributed by atoms with E-state index < -0.39 is 0 Å². The average molecular weight is 429 g/mol. The van der Waals surface area contributed by atoms with Crippen molar-refractivity contribution < 1.29 is 9.21 Å². The first-order valence-corrected chi connectivity index (χ1v) is 9.80. The number of amides is 1. The quantitative estimate of drug-likeness (QED) is 0.807. The van der Waals surface area contributed by atoms with Gasteiger partial charge in [-0.05, 0) is 51.2 Å². The molecule has 1 aromatic carbocycles. The van der Waals surface area contributed by atoms with E-state index in [0.29, 0.717) is 11.9 Å². The summed E-state index contributed by atoms with van der Waals surface area (Å²) in [5.74, 6) is 0.388. The zero-order chi connectivity index (χ0) is 18.1. The fraction of sp³-hybridized carbons (Fsp3) is 0.600. The topological polar surface area (TPSA) is 75.6 Å².